The number of nitrogens with two attached hydrogens (primary N) is 1. The van der Waals surface area contributed by atoms with Crippen molar-refractivity contribution < 1.29 is 9.13 Å². The molecule has 7 nitrogen and oxygen atoms in total. The van der Waals surface area contributed by atoms with Crippen LogP contribution in [-0.2, 0) is 6.42 Å². The van der Waals surface area contributed by atoms with Crippen LogP contribution in [0.3, 0.4) is 0 Å². The zero-order valence-electron chi connectivity index (χ0n) is 16.8. The maximum Gasteiger partial charge on any atom is 0.166 e. The van der Waals surface area contributed by atoms with Gasteiger partial charge < -0.3 is 21.2 Å². The predicted octanol–water partition coefficient (Wildman–Crippen LogP) is 3.65. The first-order valence-corrected chi connectivity index (χ1v) is 9.74. The topological polar surface area (TPSA) is 102 Å². The third-order valence-electron chi connectivity index (χ3n) is 5.07. The summed E-state index contributed by atoms with van der Waals surface area (Å²) in [4.78, 5) is 4.28. The van der Waals surface area contributed by atoms with Gasteiger partial charge in [-0.15, -0.1) is 0 Å². The molecule has 0 amide bonds. The molecule has 1 atom stereocenters. The third-order valence-corrected chi connectivity index (χ3v) is 5.07. The number of nitrogens with zero attached hydrogens (tertiary/aromatic N) is 3. The van der Waals surface area contributed by atoms with E-state index in [9.17, 15) is 4.39 Å². The second-order valence-electron chi connectivity index (χ2n) is 7.06. The zero-order valence-corrected chi connectivity index (χ0v) is 16.8. The molecule has 3 heterocycles. The number of ether oxygens (including phenoxy) is 1. The fraction of sp³-hybridized carbons (Fsp3) is 0.227. The van der Waals surface area contributed by atoms with Crippen molar-refractivity contribution in [3.8, 4) is 11.4 Å². The smallest absolute Gasteiger partial charge is 0.166 e. The largest absolute Gasteiger partial charge is 0.482 e. The van der Waals surface area contributed by atoms with Gasteiger partial charge in [-0.05, 0) is 49.8 Å². The molecule has 0 saturated carbocycles. The highest BCUT2D eigenvalue weighted by Gasteiger charge is 2.21. The molecule has 0 spiro atoms. The van der Waals surface area contributed by atoms with Gasteiger partial charge in [0.1, 0.15) is 11.9 Å². The normalized spacial score (nSPS) is 18.3. The summed E-state index contributed by atoms with van der Waals surface area (Å²) in [6.07, 6.45) is 4.64. The lowest BCUT2D eigenvalue weighted by Crippen LogP contribution is -2.18. The summed E-state index contributed by atoms with van der Waals surface area (Å²) in [6.45, 7) is 4.50. The SMILES string of the molecule is CCN/C1=C(\C=N)Cc2ccnn2-c2ccc(F)cc2C(C)Oc2cc1cnc2N. The average molecular weight is 406 g/mol. The van der Waals surface area contributed by atoms with Crippen molar-refractivity contribution in [3.05, 3.63) is 70.9 Å². The summed E-state index contributed by atoms with van der Waals surface area (Å²) >= 11 is 0. The van der Waals surface area contributed by atoms with Crippen LogP contribution in [0.5, 0.6) is 5.75 Å². The van der Waals surface area contributed by atoms with Crippen LogP contribution < -0.4 is 15.8 Å². The van der Waals surface area contributed by atoms with Crippen LogP contribution in [0, 0.1) is 11.2 Å². The minimum atomic E-state index is -0.500. The molecule has 1 aliphatic heterocycles. The molecule has 3 aromatic rings. The number of benzene rings is 1. The number of allylic oxidation sites excluding steroid dienone is 1. The van der Waals surface area contributed by atoms with Crippen LogP contribution in [0.4, 0.5) is 10.2 Å². The molecule has 30 heavy (non-hydrogen) atoms. The molecule has 8 heteroatoms. The van der Waals surface area contributed by atoms with Gasteiger partial charge in [-0.3, -0.25) is 0 Å². The quantitative estimate of drug-likeness (QED) is 0.576. The van der Waals surface area contributed by atoms with E-state index in [-0.39, 0.29) is 11.6 Å². The summed E-state index contributed by atoms with van der Waals surface area (Å²) in [7, 11) is 0. The lowest BCUT2D eigenvalue weighted by molar-refractivity contribution is 0.226. The second-order valence-corrected chi connectivity index (χ2v) is 7.06. The molecule has 2 aromatic heterocycles. The number of hydrogen-bond donors (Lipinski definition) is 3. The number of halogens is 1. The molecule has 1 aliphatic rings. The minimum absolute atomic E-state index is 0.243. The number of rotatable bonds is 3. The van der Waals surface area contributed by atoms with Crippen LogP contribution in [0.25, 0.3) is 11.4 Å². The van der Waals surface area contributed by atoms with Crippen molar-refractivity contribution in [1.82, 2.24) is 20.1 Å². The van der Waals surface area contributed by atoms with Gasteiger partial charge in [-0.2, -0.15) is 5.10 Å². The summed E-state index contributed by atoms with van der Waals surface area (Å²) in [5.74, 6) is 0.281. The number of pyridine rings is 1. The molecule has 0 aliphatic carbocycles. The van der Waals surface area contributed by atoms with Crippen LogP contribution in [0.1, 0.15) is 36.8 Å². The van der Waals surface area contributed by atoms with Gasteiger partial charge in [-0.25, -0.2) is 14.1 Å². The summed E-state index contributed by atoms with van der Waals surface area (Å²) in [5.41, 5.74) is 10.6. The van der Waals surface area contributed by atoms with Crippen LogP contribution in [-0.4, -0.2) is 27.5 Å². The van der Waals surface area contributed by atoms with Crippen LogP contribution in [0.2, 0.25) is 0 Å². The Morgan fingerprint density at radius 2 is 2.20 bits per heavy atom. The molecule has 154 valence electrons. The van der Waals surface area contributed by atoms with Gasteiger partial charge in [0.05, 0.1) is 5.69 Å². The highest BCUT2D eigenvalue weighted by molar-refractivity contribution is 5.89. The third kappa shape index (κ3) is 3.52. The fourth-order valence-electron chi connectivity index (χ4n) is 3.65. The summed E-state index contributed by atoms with van der Waals surface area (Å²) in [5, 5.41) is 15.8. The molecule has 2 bridgehead atoms. The number of anilines is 1. The number of hydrogen-bond acceptors (Lipinski definition) is 6. The Bertz CT molecular complexity index is 1140. The summed E-state index contributed by atoms with van der Waals surface area (Å²) < 4.78 is 22.0. The number of nitrogen functional groups attached to an aromatic ring is 1. The molecular weight excluding hydrogens is 383 g/mol. The van der Waals surface area contributed by atoms with Crippen LogP contribution >= 0.6 is 0 Å². The standard InChI is InChI=1S/C22H23FN6O/c1-3-26-21-14(11-24)8-17-6-7-28-29(17)19-5-4-16(23)10-18(19)13(2)30-20-9-15(21)12-27-22(20)25/h4-7,9-13,24,26H,3,8H2,1-2H3,(H2,25,27)/b21-14-,24-11?. The highest BCUT2D eigenvalue weighted by atomic mass is 19.1. The Hall–Kier alpha value is -3.68. The Morgan fingerprint density at radius 3 is 2.97 bits per heavy atom. The van der Waals surface area contributed by atoms with E-state index in [0.29, 0.717) is 30.0 Å². The monoisotopic (exact) mass is 406 g/mol. The second kappa shape index (κ2) is 7.98. The Labute approximate surface area is 173 Å². The Kier molecular flexibility index (Phi) is 5.22. The van der Waals surface area contributed by atoms with Gasteiger partial charge >= 0.3 is 0 Å². The number of nitrogens with one attached hydrogen (secondary N) is 2. The maximum absolute atomic E-state index is 14.1. The Morgan fingerprint density at radius 1 is 1.37 bits per heavy atom. The molecular formula is C22H23FN6O. The first kappa shape index (κ1) is 19.6. The van der Waals surface area contributed by atoms with E-state index in [4.69, 9.17) is 15.9 Å². The van der Waals surface area contributed by atoms with Crippen LogP contribution in [0.15, 0.2) is 48.3 Å². The van der Waals surface area contributed by atoms with E-state index in [1.807, 2.05) is 19.9 Å². The molecule has 0 radical (unpaired) electrons. The number of fused-ring (bicyclic) bond motifs is 5. The van der Waals surface area contributed by atoms with E-state index in [1.54, 1.807) is 29.2 Å². The minimum Gasteiger partial charge on any atom is -0.482 e. The van der Waals surface area contributed by atoms with Crippen molar-refractivity contribution in [1.29, 1.82) is 5.41 Å². The first-order chi connectivity index (χ1) is 14.5. The predicted molar refractivity (Wildman–Crippen MR) is 114 cm³/mol. The maximum atomic E-state index is 14.1. The zero-order chi connectivity index (χ0) is 21.3. The molecule has 1 unspecified atom stereocenters. The fourth-order valence-corrected chi connectivity index (χ4v) is 3.65. The number of aromatic nitrogens is 3. The lowest BCUT2D eigenvalue weighted by Gasteiger charge is -2.23. The van der Waals surface area contributed by atoms with E-state index in [2.05, 4.69) is 15.4 Å². The molecule has 4 rings (SSSR count). The van der Waals surface area contributed by atoms with Crippen molar-refractivity contribution in [2.24, 2.45) is 0 Å². The van der Waals surface area contributed by atoms with Gasteiger partial charge in [0, 0.05) is 54.1 Å². The van der Waals surface area contributed by atoms with Gasteiger partial charge in [0.2, 0.25) is 0 Å². The van der Waals surface area contributed by atoms with E-state index < -0.39 is 6.10 Å². The van der Waals surface area contributed by atoms with Crippen molar-refractivity contribution in [2.45, 2.75) is 26.4 Å². The Balaban J connectivity index is 2.00. The van der Waals surface area contributed by atoms with Gasteiger partial charge in [-0.1, -0.05) is 0 Å². The first-order valence-electron chi connectivity index (χ1n) is 9.74. The summed E-state index contributed by atoms with van der Waals surface area (Å²) in [6, 6.07) is 8.23. The highest BCUT2D eigenvalue weighted by Crippen LogP contribution is 2.33. The van der Waals surface area contributed by atoms with E-state index in [1.165, 1.54) is 18.3 Å². The van der Waals surface area contributed by atoms with Crippen molar-refractivity contribution in [3.63, 3.8) is 0 Å². The molecule has 1 aromatic carbocycles. The van der Waals surface area contributed by atoms with Gasteiger partial charge in [0.15, 0.2) is 11.6 Å². The molecule has 0 saturated heterocycles. The molecule has 0 fully saturated rings. The van der Waals surface area contributed by atoms with E-state index >= 15 is 0 Å². The van der Waals surface area contributed by atoms with E-state index in [0.717, 1.165) is 22.5 Å². The van der Waals surface area contributed by atoms with Gasteiger partial charge in [0.25, 0.3) is 0 Å². The lowest BCUT2D eigenvalue weighted by atomic mass is 10.0. The molecule has 4 N–H and O–H groups in total. The van der Waals surface area contributed by atoms with Crippen molar-refractivity contribution >= 4 is 17.7 Å². The average Bonchev–Trinajstić information content (AvgIpc) is 3.19. The van der Waals surface area contributed by atoms with Crippen molar-refractivity contribution in [2.75, 3.05) is 12.3 Å².